The Bertz CT molecular complexity index is 1020. The summed E-state index contributed by atoms with van der Waals surface area (Å²) in [6.07, 6.45) is 1.14. The number of carbonyl (C=O) groups is 1. The number of carbonyl (C=O) groups excluding carboxylic acids is 1. The Kier molecular flexibility index (Phi) is 5.97. The van der Waals surface area contributed by atoms with E-state index in [4.69, 9.17) is 5.26 Å². The molecule has 1 amide bonds. The summed E-state index contributed by atoms with van der Waals surface area (Å²) in [6, 6.07) is 10.1. The van der Waals surface area contributed by atoms with Crippen LogP contribution >= 0.6 is 0 Å². The van der Waals surface area contributed by atoms with E-state index < -0.39 is 0 Å². The predicted molar refractivity (Wildman–Crippen MR) is 103 cm³/mol. The Morgan fingerprint density at radius 1 is 1.29 bits per heavy atom. The number of aromatic nitrogens is 4. The Labute approximate surface area is 160 Å². The first-order chi connectivity index (χ1) is 13.5. The Morgan fingerprint density at radius 3 is 2.71 bits per heavy atom. The second-order valence-corrected chi connectivity index (χ2v) is 6.23. The number of rotatable bonds is 7. The average Bonchev–Trinajstić information content (AvgIpc) is 3.06. The predicted octanol–water partition coefficient (Wildman–Crippen LogP) is 2.11. The zero-order valence-electron chi connectivity index (χ0n) is 15.6. The van der Waals surface area contributed by atoms with Gasteiger partial charge in [-0.2, -0.15) is 9.78 Å². The largest absolute Gasteiger partial charge is 0.306 e. The summed E-state index contributed by atoms with van der Waals surface area (Å²) in [5.41, 5.74) is 2.41. The molecule has 0 aliphatic heterocycles. The van der Waals surface area contributed by atoms with E-state index in [1.807, 2.05) is 6.92 Å². The molecular weight excluding hydrogens is 362 g/mol. The highest BCUT2D eigenvalue weighted by Gasteiger charge is 2.14. The summed E-state index contributed by atoms with van der Waals surface area (Å²) < 4.78 is 1.40. The number of hydrogen-bond acceptors (Lipinski definition) is 6. The van der Waals surface area contributed by atoms with Gasteiger partial charge in [-0.15, -0.1) is 0 Å². The van der Waals surface area contributed by atoms with Crippen molar-refractivity contribution in [3.8, 4) is 5.95 Å². The zero-order chi connectivity index (χ0) is 20.1. The van der Waals surface area contributed by atoms with Gasteiger partial charge in [-0.05, 0) is 37.5 Å². The monoisotopic (exact) mass is 383 g/mol. The molecule has 2 heterocycles. The molecular formula is C19H21N5O4. The topological polar surface area (TPSA) is 122 Å². The van der Waals surface area contributed by atoms with E-state index in [1.165, 1.54) is 10.7 Å². The maximum absolute atomic E-state index is 12.6. The second-order valence-electron chi connectivity index (χ2n) is 6.23. The molecule has 0 radical (unpaired) electrons. The molecule has 9 heteroatoms. The first-order valence-electron chi connectivity index (χ1n) is 8.84. The number of nitrogens with one attached hydrogen (secondary N) is 2. The van der Waals surface area contributed by atoms with Crippen LogP contribution in [0.1, 0.15) is 34.2 Å². The van der Waals surface area contributed by atoms with Crippen LogP contribution in [-0.2, 0) is 17.7 Å². The van der Waals surface area contributed by atoms with Crippen LogP contribution in [0.3, 0.4) is 0 Å². The van der Waals surface area contributed by atoms with E-state index in [1.54, 1.807) is 37.3 Å². The Morgan fingerprint density at radius 2 is 2.04 bits per heavy atom. The summed E-state index contributed by atoms with van der Waals surface area (Å²) in [7, 11) is 0. The SMILES string of the molecule is CCc1cc(=O)[nH]c(-n2nc(C)cc2NC(=O)c2ccc(CCOO)cc2)n1. The molecule has 0 aliphatic carbocycles. The molecule has 28 heavy (non-hydrogen) atoms. The highest BCUT2D eigenvalue weighted by molar-refractivity contribution is 6.03. The number of aryl methyl sites for hydroxylation is 2. The molecule has 9 nitrogen and oxygen atoms in total. The van der Waals surface area contributed by atoms with Crippen molar-refractivity contribution in [1.29, 1.82) is 0 Å². The standard InChI is InChI=1S/C19H21N5O4/c1-3-15-11-17(25)22-19(20-15)24-16(10-12(2)23-24)21-18(26)14-6-4-13(5-7-14)8-9-28-27/h4-7,10-11,27H,3,8-9H2,1-2H3,(H,21,26)(H,20,22,25). The fourth-order valence-corrected chi connectivity index (χ4v) is 2.70. The average molecular weight is 383 g/mol. The molecule has 3 rings (SSSR count). The van der Waals surface area contributed by atoms with Crippen molar-refractivity contribution in [2.75, 3.05) is 11.9 Å². The molecule has 0 bridgehead atoms. The van der Waals surface area contributed by atoms with Gasteiger partial charge < -0.3 is 5.32 Å². The third-order valence-corrected chi connectivity index (χ3v) is 4.12. The fourth-order valence-electron chi connectivity index (χ4n) is 2.70. The highest BCUT2D eigenvalue weighted by atomic mass is 17.1. The number of aromatic amines is 1. The first kappa shape index (κ1) is 19.5. The molecule has 0 unspecified atom stereocenters. The van der Waals surface area contributed by atoms with Crippen molar-refractivity contribution in [2.45, 2.75) is 26.7 Å². The van der Waals surface area contributed by atoms with Crippen LogP contribution in [0.15, 0.2) is 41.2 Å². The number of hydrogen-bond donors (Lipinski definition) is 3. The minimum Gasteiger partial charge on any atom is -0.306 e. The number of nitrogens with zero attached hydrogens (tertiary/aromatic N) is 3. The van der Waals surface area contributed by atoms with Gasteiger partial charge in [0.05, 0.1) is 12.3 Å². The van der Waals surface area contributed by atoms with Crippen molar-refractivity contribution in [3.63, 3.8) is 0 Å². The van der Waals surface area contributed by atoms with Gasteiger partial charge in [0.25, 0.3) is 11.5 Å². The zero-order valence-corrected chi connectivity index (χ0v) is 15.6. The molecule has 0 fully saturated rings. The molecule has 146 valence electrons. The van der Waals surface area contributed by atoms with E-state index in [0.717, 1.165) is 5.56 Å². The normalized spacial score (nSPS) is 10.8. The third-order valence-electron chi connectivity index (χ3n) is 4.12. The highest BCUT2D eigenvalue weighted by Crippen LogP contribution is 2.16. The van der Waals surface area contributed by atoms with Crippen LogP contribution in [0.25, 0.3) is 5.95 Å². The van der Waals surface area contributed by atoms with Crippen LogP contribution in [0.4, 0.5) is 5.82 Å². The summed E-state index contributed by atoms with van der Waals surface area (Å²) in [5, 5.41) is 15.5. The van der Waals surface area contributed by atoms with Crippen LogP contribution < -0.4 is 10.9 Å². The van der Waals surface area contributed by atoms with E-state index in [-0.39, 0.29) is 24.0 Å². The smallest absolute Gasteiger partial charge is 0.256 e. The molecule has 0 aliphatic rings. The number of anilines is 1. The van der Waals surface area contributed by atoms with Crippen molar-refractivity contribution in [3.05, 3.63) is 69.3 Å². The Hall–Kier alpha value is -3.30. The molecule has 3 aromatic rings. The van der Waals surface area contributed by atoms with Crippen molar-refractivity contribution in [2.24, 2.45) is 0 Å². The minimum atomic E-state index is -0.319. The number of H-pyrrole nitrogens is 1. The molecule has 0 atom stereocenters. The summed E-state index contributed by atoms with van der Waals surface area (Å²) in [6.45, 7) is 3.87. The maximum atomic E-state index is 12.6. The first-order valence-corrected chi connectivity index (χ1v) is 8.84. The molecule has 1 aromatic carbocycles. The number of benzene rings is 1. The van der Waals surface area contributed by atoms with Crippen molar-refractivity contribution >= 4 is 11.7 Å². The van der Waals surface area contributed by atoms with Gasteiger partial charge in [0, 0.05) is 23.4 Å². The summed E-state index contributed by atoms with van der Waals surface area (Å²) >= 11 is 0. The summed E-state index contributed by atoms with van der Waals surface area (Å²) in [4.78, 5) is 35.6. The second kappa shape index (κ2) is 8.59. The van der Waals surface area contributed by atoms with Crippen molar-refractivity contribution in [1.82, 2.24) is 19.7 Å². The van der Waals surface area contributed by atoms with Gasteiger partial charge in [0.1, 0.15) is 5.82 Å². The summed E-state index contributed by atoms with van der Waals surface area (Å²) in [5.74, 6) is 0.323. The molecule has 3 N–H and O–H groups in total. The minimum absolute atomic E-state index is 0.187. The van der Waals surface area contributed by atoms with Gasteiger partial charge >= 0.3 is 0 Å². The van der Waals surface area contributed by atoms with Gasteiger partial charge in [-0.3, -0.25) is 19.8 Å². The lowest BCUT2D eigenvalue weighted by atomic mass is 10.1. The fraction of sp³-hybridized carbons (Fsp3) is 0.263. The number of amides is 1. The lowest BCUT2D eigenvalue weighted by Crippen LogP contribution is -2.19. The molecule has 2 aromatic heterocycles. The van der Waals surface area contributed by atoms with Gasteiger partial charge in [0.15, 0.2) is 0 Å². The third kappa shape index (κ3) is 4.51. The quantitative estimate of drug-likeness (QED) is 0.424. The van der Waals surface area contributed by atoms with E-state index in [2.05, 4.69) is 25.3 Å². The van der Waals surface area contributed by atoms with E-state index in [9.17, 15) is 9.59 Å². The lowest BCUT2D eigenvalue weighted by Gasteiger charge is -2.09. The van der Waals surface area contributed by atoms with E-state index >= 15 is 0 Å². The molecule has 0 spiro atoms. The van der Waals surface area contributed by atoms with Crippen LogP contribution in [0.2, 0.25) is 0 Å². The van der Waals surface area contributed by atoms with Gasteiger partial charge in [0.2, 0.25) is 5.95 Å². The van der Waals surface area contributed by atoms with Crippen LogP contribution in [0.5, 0.6) is 0 Å². The lowest BCUT2D eigenvalue weighted by molar-refractivity contribution is -0.241. The van der Waals surface area contributed by atoms with Gasteiger partial charge in [-0.1, -0.05) is 19.1 Å². The van der Waals surface area contributed by atoms with Crippen LogP contribution in [0, 0.1) is 6.92 Å². The Balaban J connectivity index is 1.84. The van der Waals surface area contributed by atoms with E-state index in [0.29, 0.717) is 35.6 Å². The molecule has 0 saturated carbocycles. The van der Waals surface area contributed by atoms with Crippen LogP contribution in [-0.4, -0.2) is 37.5 Å². The maximum Gasteiger partial charge on any atom is 0.256 e. The molecule has 0 saturated heterocycles. The van der Waals surface area contributed by atoms with Gasteiger partial charge in [-0.25, -0.2) is 9.87 Å². The van der Waals surface area contributed by atoms with Crippen molar-refractivity contribution < 1.29 is 14.9 Å².